The SMILES string of the molecule is O=CCC1=CC(C2C=CCCCCC2)CCCCC1. The lowest BCUT2D eigenvalue weighted by atomic mass is 9.79. The maximum absolute atomic E-state index is 10.8. The Balaban J connectivity index is 2.08. The molecule has 19 heavy (non-hydrogen) atoms. The molecule has 0 saturated heterocycles. The lowest BCUT2D eigenvalue weighted by Crippen LogP contribution is -2.14. The van der Waals surface area contributed by atoms with Gasteiger partial charge in [0.15, 0.2) is 0 Å². The molecule has 0 aliphatic heterocycles. The van der Waals surface area contributed by atoms with Crippen LogP contribution in [0.5, 0.6) is 0 Å². The lowest BCUT2D eigenvalue weighted by Gasteiger charge is -2.26. The molecule has 0 aromatic heterocycles. The second-order valence-electron chi connectivity index (χ2n) is 6.19. The standard InChI is InChI=1S/C18H28O/c19-14-13-16-9-5-4-8-12-18(15-16)17-10-6-2-1-3-7-11-17/h6,10,14-15,17-18H,1-5,7-9,11-13H2. The van der Waals surface area contributed by atoms with Crippen LogP contribution in [0.2, 0.25) is 0 Å². The largest absolute Gasteiger partial charge is 0.303 e. The van der Waals surface area contributed by atoms with Crippen LogP contribution >= 0.6 is 0 Å². The van der Waals surface area contributed by atoms with Crippen LogP contribution in [0, 0.1) is 11.8 Å². The van der Waals surface area contributed by atoms with Crippen molar-refractivity contribution < 1.29 is 4.79 Å². The first-order valence-electron chi connectivity index (χ1n) is 8.20. The summed E-state index contributed by atoms with van der Waals surface area (Å²) >= 11 is 0. The van der Waals surface area contributed by atoms with E-state index in [1.165, 1.54) is 63.4 Å². The van der Waals surface area contributed by atoms with Crippen molar-refractivity contribution in [2.24, 2.45) is 11.8 Å². The first kappa shape index (κ1) is 14.6. The van der Waals surface area contributed by atoms with E-state index in [0.29, 0.717) is 12.3 Å². The first-order valence-corrected chi connectivity index (χ1v) is 8.20. The Labute approximate surface area is 118 Å². The van der Waals surface area contributed by atoms with Gasteiger partial charge in [0.05, 0.1) is 0 Å². The number of rotatable bonds is 3. The van der Waals surface area contributed by atoms with Gasteiger partial charge in [0, 0.05) is 6.42 Å². The van der Waals surface area contributed by atoms with Gasteiger partial charge in [-0.15, -0.1) is 0 Å². The summed E-state index contributed by atoms with van der Waals surface area (Å²) in [6.45, 7) is 0. The zero-order chi connectivity index (χ0) is 13.3. The van der Waals surface area contributed by atoms with Crippen molar-refractivity contribution >= 4 is 6.29 Å². The topological polar surface area (TPSA) is 17.1 Å². The van der Waals surface area contributed by atoms with Crippen LogP contribution in [0.3, 0.4) is 0 Å². The fourth-order valence-electron chi connectivity index (χ4n) is 3.54. The molecule has 0 spiro atoms. The van der Waals surface area contributed by atoms with Crippen molar-refractivity contribution in [2.45, 2.75) is 70.6 Å². The Hall–Kier alpha value is -0.850. The van der Waals surface area contributed by atoms with Gasteiger partial charge < -0.3 is 4.79 Å². The third-order valence-electron chi connectivity index (χ3n) is 4.67. The Bertz CT molecular complexity index is 327. The van der Waals surface area contributed by atoms with Crippen LogP contribution in [-0.4, -0.2) is 6.29 Å². The lowest BCUT2D eigenvalue weighted by molar-refractivity contribution is -0.107. The van der Waals surface area contributed by atoms with E-state index < -0.39 is 0 Å². The van der Waals surface area contributed by atoms with Crippen molar-refractivity contribution in [1.29, 1.82) is 0 Å². The maximum atomic E-state index is 10.8. The molecular weight excluding hydrogens is 232 g/mol. The van der Waals surface area contributed by atoms with E-state index in [1.54, 1.807) is 0 Å². The molecule has 0 aromatic carbocycles. The van der Waals surface area contributed by atoms with Crippen LogP contribution in [0.25, 0.3) is 0 Å². The number of aldehydes is 1. The van der Waals surface area contributed by atoms with Crippen molar-refractivity contribution in [3.8, 4) is 0 Å². The van der Waals surface area contributed by atoms with E-state index in [9.17, 15) is 4.79 Å². The highest BCUT2D eigenvalue weighted by Gasteiger charge is 2.19. The zero-order valence-corrected chi connectivity index (χ0v) is 12.2. The van der Waals surface area contributed by atoms with E-state index in [-0.39, 0.29) is 0 Å². The Morgan fingerprint density at radius 2 is 1.79 bits per heavy atom. The van der Waals surface area contributed by atoms with Gasteiger partial charge in [0.25, 0.3) is 0 Å². The van der Waals surface area contributed by atoms with Gasteiger partial charge in [-0.2, -0.15) is 0 Å². The van der Waals surface area contributed by atoms with Crippen molar-refractivity contribution in [1.82, 2.24) is 0 Å². The molecule has 0 amide bonds. The fraction of sp³-hybridized carbons (Fsp3) is 0.722. The number of hydrogen-bond acceptors (Lipinski definition) is 1. The summed E-state index contributed by atoms with van der Waals surface area (Å²) in [7, 11) is 0. The molecule has 106 valence electrons. The Kier molecular flexibility index (Phi) is 6.39. The van der Waals surface area contributed by atoms with Gasteiger partial charge in [-0.3, -0.25) is 0 Å². The third-order valence-corrected chi connectivity index (χ3v) is 4.67. The molecule has 0 N–H and O–H groups in total. The summed E-state index contributed by atoms with van der Waals surface area (Å²) in [6.07, 6.45) is 22.2. The molecule has 0 heterocycles. The van der Waals surface area contributed by atoms with Crippen molar-refractivity contribution in [3.63, 3.8) is 0 Å². The second-order valence-corrected chi connectivity index (χ2v) is 6.19. The smallest absolute Gasteiger partial charge is 0.124 e. The van der Waals surface area contributed by atoms with Crippen LogP contribution in [0.1, 0.15) is 70.6 Å². The monoisotopic (exact) mass is 260 g/mol. The molecule has 0 bridgehead atoms. The molecule has 1 heteroatoms. The fourth-order valence-corrected chi connectivity index (χ4v) is 3.54. The summed E-state index contributed by atoms with van der Waals surface area (Å²) in [5.74, 6) is 1.41. The van der Waals surface area contributed by atoms with Crippen LogP contribution < -0.4 is 0 Å². The molecule has 1 nitrogen and oxygen atoms in total. The van der Waals surface area contributed by atoms with Crippen molar-refractivity contribution in [2.75, 3.05) is 0 Å². The molecule has 2 atom stereocenters. The summed E-state index contributed by atoms with van der Waals surface area (Å²) < 4.78 is 0. The number of carbonyl (C=O) groups is 1. The number of allylic oxidation sites excluding steroid dienone is 4. The van der Waals surface area contributed by atoms with E-state index in [2.05, 4.69) is 18.2 Å². The minimum Gasteiger partial charge on any atom is -0.303 e. The number of carbonyl (C=O) groups excluding carboxylic acids is 1. The van der Waals surface area contributed by atoms with Gasteiger partial charge in [-0.1, -0.05) is 49.5 Å². The molecule has 2 unspecified atom stereocenters. The highest BCUT2D eigenvalue weighted by Crippen LogP contribution is 2.32. The first-order chi connectivity index (χ1) is 9.40. The van der Waals surface area contributed by atoms with E-state index >= 15 is 0 Å². The second kappa shape index (κ2) is 8.35. The van der Waals surface area contributed by atoms with Crippen LogP contribution in [0.15, 0.2) is 23.8 Å². The summed E-state index contributed by atoms with van der Waals surface area (Å²) in [6, 6.07) is 0. The quantitative estimate of drug-likeness (QED) is 0.502. The van der Waals surface area contributed by atoms with E-state index in [0.717, 1.165) is 18.6 Å². The maximum Gasteiger partial charge on any atom is 0.124 e. The molecule has 2 rings (SSSR count). The normalized spacial score (nSPS) is 29.6. The van der Waals surface area contributed by atoms with Crippen molar-refractivity contribution in [3.05, 3.63) is 23.8 Å². The molecule has 2 aliphatic carbocycles. The van der Waals surface area contributed by atoms with Gasteiger partial charge >= 0.3 is 0 Å². The summed E-state index contributed by atoms with van der Waals surface area (Å²) in [5.41, 5.74) is 1.40. The predicted molar refractivity (Wildman–Crippen MR) is 81.1 cm³/mol. The highest BCUT2D eigenvalue weighted by molar-refractivity contribution is 5.54. The summed E-state index contributed by atoms with van der Waals surface area (Å²) in [5, 5.41) is 0. The minimum absolute atomic E-state index is 0.660. The van der Waals surface area contributed by atoms with Gasteiger partial charge in [0.2, 0.25) is 0 Å². The van der Waals surface area contributed by atoms with E-state index in [4.69, 9.17) is 0 Å². The third kappa shape index (κ3) is 4.97. The minimum atomic E-state index is 0.660. The van der Waals surface area contributed by atoms with Gasteiger partial charge in [-0.25, -0.2) is 0 Å². The van der Waals surface area contributed by atoms with Crippen LogP contribution in [-0.2, 0) is 4.79 Å². The summed E-state index contributed by atoms with van der Waals surface area (Å²) in [4.78, 5) is 10.8. The molecular formula is C18H28O. The molecule has 0 radical (unpaired) electrons. The molecule has 0 saturated carbocycles. The van der Waals surface area contributed by atoms with Gasteiger partial charge in [0.1, 0.15) is 6.29 Å². The Morgan fingerprint density at radius 1 is 1.00 bits per heavy atom. The van der Waals surface area contributed by atoms with E-state index in [1.807, 2.05) is 0 Å². The van der Waals surface area contributed by atoms with Gasteiger partial charge in [-0.05, 0) is 50.4 Å². The average molecular weight is 260 g/mol. The average Bonchev–Trinajstić information content (AvgIpc) is 2.33. The molecule has 0 aromatic rings. The van der Waals surface area contributed by atoms with Crippen LogP contribution in [0.4, 0.5) is 0 Å². The predicted octanol–water partition coefficient (Wildman–Crippen LogP) is 5.22. The highest BCUT2D eigenvalue weighted by atomic mass is 16.1. The zero-order valence-electron chi connectivity index (χ0n) is 12.2. The number of hydrogen-bond donors (Lipinski definition) is 0. The Morgan fingerprint density at radius 3 is 2.63 bits per heavy atom. The molecule has 2 aliphatic rings. The molecule has 0 fully saturated rings.